The van der Waals surface area contributed by atoms with E-state index in [9.17, 15) is 9.59 Å². The number of carbonyl (C=O) groups excluding carboxylic acids is 2. The summed E-state index contributed by atoms with van der Waals surface area (Å²) in [5, 5.41) is 3.04. The molecular formula is C14H28N2O2. The van der Waals surface area contributed by atoms with Gasteiger partial charge in [-0.05, 0) is 25.2 Å². The standard InChI is InChI=1S/C14H28N2O2/c1-6-10(4)14(11(5)17)16-8-13(18)12(15)7-9(2)3/h9-10,12,14,16H,6-8,15H2,1-5H3/t10?,12-,14-/m0/s1. The minimum absolute atomic E-state index is 0.0155. The third-order valence-corrected chi connectivity index (χ3v) is 3.29. The second kappa shape index (κ2) is 8.38. The summed E-state index contributed by atoms with van der Waals surface area (Å²) in [5.74, 6) is 0.701. The first-order valence-electron chi connectivity index (χ1n) is 6.81. The molecule has 1 unspecified atom stereocenters. The Labute approximate surface area is 111 Å². The summed E-state index contributed by atoms with van der Waals surface area (Å²) in [4.78, 5) is 23.3. The zero-order chi connectivity index (χ0) is 14.3. The average molecular weight is 256 g/mol. The van der Waals surface area contributed by atoms with Gasteiger partial charge in [-0.15, -0.1) is 0 Å². The lowest BCUT2D eigenvalue weighted by Crippen LogP contribution is -2.46. The Morgan fingerprint density at radius 1 is 1.22 bits per heavy atom. The highest BCUT2D eigenvalue weighted by molar-refractivity contribution is 5.87. The number of nitrogens with two attached hydrogens (primary N) is 1. The van der Waals surface area contributed by atoms with Crippen molar-refractivity contribution < 1.29 is 9.59 Å². The van der Waals surface area contributed by atoms with Crippen LogP contribution in [0, 0.1) is 11.8 Å². The fourth-order valence-corrected chi connectivity index (χ4v) is 1.96. The summed E-state index contributed by atoms with van der Waals surface area (Å²) < 4.78 is 0. The predicted octanol–water partition coefficient (Wildman–Crippen LogP) is 1.52. The van der Waals surface area contributed by atoms with Gasteiger partial charge in [0.15, 0.2) is 5.78 Å². The fourth-order valence-electron chi connectivity index (χ4n) is 1.96. The van der Waals surface area contributed by atoms with Crippen LogP contribution in [0.15, 0.2) is 0 Å². The zero-order valence-corrected chi connectivity index (χ0v) is 12.3. The normalized spacial score (nSPS) is 16.4. The van der Waals surface area contributed by atoms with Gasteiger partial charge in [-0.2, -0.15) is 0 Å². The number of hydrogen-bond donors (Lipinski definition) is 2. The van der Waals surface area contributed by atoms with Crippen LogP contribution in [-0.4, -0.2) is 30.2 Å². The van der Waals surface area contributed by atoms with E-state index in [0.29, 0.717) is 12.3 Å². The third kappa shape index (κ3) is 6.26. The van der Waals surface area contributed by atoms with Crippen LogP contribution in [0.5, 0.6) is 0 Å². The maximum atomic E-state index is 11.8. The SMILES string of the molecule is CCC(C)[C@H](NCC(=O)[C@@H](N)CC(C)C)C(C)=O. The Hall–Kier alpha value is -0.740. The number of rotatable bonds is 9. The summed E-state index contributed by atoms with van der Waals surface area (Å²) in [7, 11) is 0. The highest BCUT2D eigenvalue weighted by Gasteiger charge is 2.22. The molecule has 106 valence electrons. The molecule has 3 atom stereocenters. The largest absolute Gasteiger partial charge is 0.321 e. The van der Waals surface area contributed by atoms with Crippen molar-refractivity contribution in [1.29, 1.82) is 0 Å². The number of hydrogen-bond acceptors (Lipinski definition) is 4. The molecule has 0 aromatic rings. The third-order valence-electron chi connectivity index (χ3n) is 3.29. The quantitative estimate of drug-likeness (QED) is 0.656. The Morgan fingerprint density at radius 3 is 2.17 bits per heavy atom. The lowest BCUT2D eigenvalue weighted by atomic mass is 9.95. The second-order valence-electron chi connectivity index (χ2n) is 5.56. The van der Waals surface area contributed by atoms with E-state index in [1.165, 1.54) is 0 Å². The van der Waals surface area contributed by atoms with Crippen molar-refractivity contribution in [2.24, 2.45) is 17.6 Å². The summed E-state index contributed by atoms with van der Waals surface area (Å²) in [6, 6.07) is -0.674. The molecule has 0 bridgehead atoms. The van der Waals surface area contributed by atoms with Crippen molar-refractivity contribution in [2.75, 3.05) is 6.54 Å². The van der Waals surface area contributed by atoms with Crippen LogP contribution in [0.1, 0.15) is 47.5 Å². The van der Waals surface area contributed by atoms with Gasteiger partial charge >= 0.3 is 0 Å². The van der Waals surface area contributed by atoms with Crippen LogP contribution in [0.25, 0.3) is 0 Å². The van der Waals surface area contributed by atoms with Gasteiger partial charge in [0.05, 0.1) is 18.6 Å². The Kier molecular flexibility index (Phi) is 8.03. The van der Waals surface area contributed by atoms with Crippen LogP contribution in [0.2, 0.25) is 0 Å². The van der Waals surface area contributed by atoms with Crippen LogP contribution >= 0.6 is 0 Å². The van der Waals surface area contributed by atoms with E-state index in [4.69, 9.17) is 5.73 Å². The molecule has 0 saturated heterocycles. The molecule has 0 aromatic heterocycles. The molecule has 0 aliphatic heterocycles. The molecule has 4 heteroatoms. The van der Waals surface area contributed by atoms with Crippen LogP contribution in [0.4, 0.5) is 0 Å². The topological polar surface area (TPSA) is 72.2 Å². The molecule has 0 fully saturated rings. The fraction of sp³-hybridized carbons (Fsp3) is 0.857. The van der Waals surface area contributed by atoms with Gasteiger partial charge in [-0.1, -0.05) is 34.1 Å². The first kappa shape index (κ1) is 17.3. The summed E-state index contributed by atoms with van der Waals surface area (Å²) in [6.07, 6.45) is 1.60. The maximum absolute atomic E-state index is 11.8. The molecule has 0 rings (SSSR count). The molecule has 0 amide bonds. The number of nitrogens with one attached hydrogen (secondary N) is 1. The number of carbonyl (C=O) groups is 2. The molecule has 0 aromatic carbocycles. The highest BCUT2D eigenvalue weighted by Crippen LogP contribution is 2.09. The first-order valence-corrected chi connectivity index (χ1v) is 6.81. The Bertz CT molecular complexity index is 277. The minimum Gasteiger partial charge on any atom is -0.321 e. The summed E-state index contributed by atoms with van der Waals surface area (Å²) >= 11 is 0. The molecule has 0 aliphatic rings. The van der Waals surface area contributed by atoms with Gasteiger partial charge in [0.2, 0.25) is 0 Å². The van der Waals surface area contributed by atoms with Crippen molar-refractivity contribution in [3.8, 4) is 0 Å². The van der Waals surface area contributed by atoms with E-state index in [1.54, 1.807) is 6.92 Å². The van der Waals surface area contributed by atoms with Gasteiger partial charge in [-0.3, -0.25) is 9.59 Å². The van der Waals surface area contributed by atoms with E-state index >= 15 is 0 Å². The molecule has 4 nitrogen and oxygen atoms in total. The van der Waals surface area contributed by atoms with Gasteiger partial charge in [0.25, 0.3) is 0 Å². The predicted molar refractivity (Wildman–Crippen MR) is 74.4 cm³/mol. The summed E-state index contributed by atoms with van der Waals surface area (Å²) in [6.45, 7) is 9.87. The van der Waals surface area contributed by atoms with Crippen molar-refractivity contribution in [1.82, 2.24) is 5.32 Å². The number of ketones is 2. The van der Waals surface area contributed by atoms with Gasteiger partial charge in [-0.25, -0.2) is 0 Å². The molecule has 0 radical (unpaired) electrons. The van der Waals surface area contributed by atoms with Gasteiger partial charge in [0.1, 0.15) is 5.78 Å². The van der Waals surface area contributed by atoms with Crippen molar-refractivity contribution >= 4 is 11.6 Å². The smallest absolute Gasteiger partial charge is 0.163 e. The number of Topliss-reactive ketones (excluding diaryl/α,β-unsaturated/α-hetero) is 2. The Morgan fingerprint density at radius 2 is 1.78 bits per heavy atom. The van der Waals surface area contributed by atoms with Crippen LogP contribution in [0.3, 0.4) is 0 Å². The molecular weight excluding hydrogens is 228 g/mol. The highest BCUT2D eigenvalue weighted by atomic mass is 16.1. The molecule has 0 saturated carbocycles. The first-order chi connectivity index (χ1) is 8.29. The van der Waals surface area contributed by atoms with Crippen molar-refractivity contribution in [2.45, 2.75) is 59.5 Å². The van der Waals surface area contributed by atoms with E-state index in [1.807, 2.05) is 27.7 Å². The molecule has 0 heterocycles. The maximum Gasteiger partial charge on any atom is 0.163 e. The van der Waals surface area contributed by atoms with Crippen LogP contribution in [-0.2, 0) is 9.59 Å². The molecule has 3 N–H and O–H groups in total. The summed E-state index contributed by atoms with van der Waals surface area (Å²) in [5.41, 5.74) is 5.81. The van der Waals surface area contributed by atoms with Crippen LogP contribution < -0.4 is 11.1 Å². The van der Waals surface area contributed by atoms with Gasteiger partial charge in [0, 0.05) is 0 Å². The lowest BCUT2D eigenvalue weighted by molar-refractivity contribution is -0.121. The van der Waals surface area contributed by atoms with E-state index in [2.05, 4.69) is 5.32 Å². The average Bonchev–Trinajstić information content (AvgIpc) is 2.27. The Balaban J connectivity index is 4.27. The molecule has 0 spiro atoms. The minimum atomic E-state index is -0.429. The molecule has 18 heavy (non-hydrogen) atoms. The van der Waals surface area contributed by atoms with Gasteiger partial charge < -0.3 is 11.1 Å². The molecule has 0 aliphatic carbocycles. The zero-order valence-electron chi connectivity index (χ0n) is 12.3. The van der Waals surface area contributed by atoms with E-state index in [0.717, 1.165) is 6.42 Å². The monoisotopic (exact) mass is 256 g/mol. The van der Waals surface area contributed by atoms with Crippen molar-refractivity contribution in [3.05, 3.63) is 0 Å². The van der Waals surface area contributed by atoms with E-state index in [-0.39, 0.29) is 30.1 Å². The van der Waals surface area contributed by atoms with E-state index < -0.39 is 6.04 Å². The van der Waals surface area contributed by atoms with Crippen molar-refractivity contribution in [3.63, 3.8) is 0 Å². The second-order valence-corrected chi connectivity index (χ2v) is 5.56. The lowest BCUT2D eigenvalue weighted by Gasteiger charge is -2.22.